The van der Waals surface area contributed by atoms with Gasteiger partial charge in [0.1, 0.15) is 17.1 Å². The number of nitro benzene ring substituents is 1. The van der Waals surface area contributed by atoms with Crippen LogP contribution in [0, 0.1) is 17.0 Å². The Kier molecular flexibility index (Phi) is 3.60. The van der Waals surface area contributed by atoms with Crippen molar-refractivity contribution in [3.8, 4) is 11.5 Å². The Balaban J connectivity index is 2.36. The molecule has 0 unspecified atom stereocenters. The van der Waals surface area contributed by atoms with Crippen molar-refractivity contribution in [3.63, 3.8) is 0 Å². The molecule has 0 radical (unpaired) electrons. The van der Waals surface area contributed by atoms with E-state index in [2.05, 4.69) is 4.98 Å². The number of nitro groups is 1. The first-order valence-corrected chi connectivity index (χ1v) is 5.59. The minimum atomic E-state index is -1.38. The predicted octanol–water partition coefficient (Wildman–Crippen LogP) is 2.79. The first-order valence-electron chi connectivity index (χ1n) is 5.59. The molecule has 0 spiro atoms. The Labute approximate surface area is 113 Å². The summed E-state index contributed by atoms with van der Waals surface area (Å²) in [6.45, 7) is 1.78. The van der Waals surface area contributed by atoms with E-state index in [-0.39, 0.29) is 5.75 Å². The summed E-state index contributed by atoms with van der Waals surface area (Å²) in [5, 5.41) is 19.7. The van der Waals surface area contributed by atoms with Crippen LogP contribution in [0.2, 0.25) is 0 Å². The lowest BCUT2D eigenvalue weighted by Gasteiger charge is -2.07. The molecule has 1 aromatic carbocycles. The van der Waals surface area contributed by atoms with Crippen LogP contribution in [0.3, 0.4) is 0 Å². The van der Waals surface area contributed by atoms with Gasteiger partial charge in [0.15, 0.2) is 0 Å². The average Bonchev–Trinajstić information content (AvgIpc) is 2.38. The Hall–Kier alpha value is -2.96. The average molecular weight is 274 g/mol. The van der Waals surface area contributed by atoms with E-state index in [1.807, 2.05) is 0 Å². The quantitative estimate of drug-likeness (QED) is 0.679. The van der Waals surface area contributed by atoms with E-state index < -0.39 is 22.1 Å². The van der Waals surface area contributed by atoms with Crippen molar-refractivity contribution >= 4 is 11.7 Å². The summed E-state index contributed by atoms with van der Waals surface area (Å²) in [5.41, 5.74) is -0.156. The Morgan fingerprint density at radius 1 is 1.30 bits per heavy atom. The van der Waals surface area contributed by atoms with Gasteiger partial charge in [0.2, 0.25) is 0 Å². The molecule has 102 valence electrons. The van der Waals surface area contributed by atoms with E-state index in [0.717, 1.165) is 17.8 Å². The molecule has 2 aromatic rings. The van der Waals surface area contributed by atoms with Gasteiger partial charge in [-0.2, -0.15) is 0 Å². The highest BCUT2D eigenvalue weighted by molar-refractivity contribution is 5.92. The molecule has 0 amide bonds. The molecular formula is C13H10N2O5. The number of carboxylic acids is 1. The summed E-state index contributed by atoms with van der Waals surface area (Å²) in [6.07, 6.45) is 1.55. The fraction of sp³-hybridized carbons (Fsp3) is 0.0769. The van der Waals surface area contributed by atoms with E-state index in [0.29, 0.717) is 5.75 Å². The van der Waals surface area contributed by atoms with Gasteiger partial charge in [0.05, 0.1) is 4.92 Å². The van der Waals surface area contributed by atoms with E-state index in [9.17, 15) is 14.9 Å². The van der Waals surface area contributed by atoms with Gasteiger partial charge in [0.25, 0.3) is 5.69 Å². The molecule has 1 aromatic heterocycles. The standard InChI is InChI=1S/C13H10N2O5/c1-8-6-10(4-5-14-8)20-9-2-3-12(15(18)19)11(7-9)13(16)17/h2-7H,1H3,(H,16,17). The first-order chi connectivity index (χ1) is 9.47. The molecule has 20 heavy (non-hydrogen) atoms. The topological polar surface area (TPSA) is 103 Å². The third-order valence-electron chi connectivity index (χ3n) is 2.50. The lowest BCUT2D eigenvalue weighted by Crippen LogP contribution is -2.02. The third kappa shape index (κ3) is 2.89. The van der Waals surface area contributed by atoms with Crippen molar-refractivity contribution in [2.75, 3.05) is 0 Å². The number of aryl methyl sites for hydroxylation is 1. The Morgan fingerprint density at radius 3 is 2.60 bits per heavy atom. The molecule has 0 fully saturated rings. The van der Waals surface area contributed by atoms with Gasteiger partial charge in [-0.25, -0.2) is 4.79 Å². The van der Waals surface area contributed by atoms with E-state index in [4.69, 9.17) is 9.84 Å². The van der Waals surface area contributed by atoms with Gasteiger partial charge in [-0.05, 0) is 19.1 Å². The molecule has 0 atom stereocenters. The number of benzene rings is 1. The molecule has 1 N–H and O–H groups in total. The second-order valence-corrected chi connectivity index (χ2v) is 3.98. The molecule has 0 aliphatic rings. The van der Waals surface area contributed by atoms with Crippen molar-refractivity contribution in [1.29, 1.82) is 0 Å². The van der Waals surface area contributed by atoms with Crippen molar-refractivity contribution in [3.05, 3.63) is 57.9 Å². The summed E-state index contributed by atoms with van der Waals surface area (Å²) in [5.74, 6) is -0.700. The number of rotatable bonds is 4. The van der Waals surface area contributed by atoms with E-state index in [1.165, 1.54) is 6.07 Å². The highest BCUT2D eigenvalue weighted by atomic mass is 16.6. The largest absolute Gasteiger partial charge is 0.477 e. The zero-order valence-electron chi connectivity index (χ0n) is 10.4. The number of carboxylic acid groups (broad SMARTS) is 1. The number of pyridine rings is 1. The third-order valence-corrected chi connectivity index (χ3v) is 2.50. The zero-order chi connectivity index (χ0) is 14.7. The second kappa shape index (κ2) is 5.35. The van der Waals surface area contributed by atoms with Crippen LogP contribution in [0.5, 0.6) is 11.5 Å². The maximum Gasteiger partial charge on any atom is 0.342 e. The summed E-state index contributed by atoms with van der Waals surface area (Å²) in [7, 11) is 0. The number of ether oxygens (including phenoxy) is 1. The monoisotopic (exact) mass is 274 g/mol. The minimum absolute atomic E-state index is 0.207. The Morgan fingerprint density at radius 2 is 2.00 bits per heavy atom. The lowest BCUT2D eigenvalue weighted by molar-refractivity contribution is -0.385. The van der Waals surface area contributed by atoms with Crippen LogP contribution < -0.4 is 4.74 Å². The minimum Gasteiger partial charge on any atom is -0.477 e. The number of hydrogen-bond acceptors (Lipinski definition) is 5. The SMILES string of the molecule is Cc1cc(Oc2ccc([N+](=O)[O-])c(C(=O)O)c2)ccn1. The summed E-state index contributed by atoms with van der Waals surface area (Å²) >= 11 is 0. The second-order valence-electron chi connectivity index (χ2n) is 3.98. The van der Waals surface area contributed by atoms with Crippen LogP contribution in [0.15, 0.2) is 36.5 Å². The van der Waals surface area contributed by atoms with Crippen LogP contribution in [-0.2, 0) is 0 Å². The highest BCUT2D eigenvalue weighted by Crippen LogP contribution is 2.27. The van der Waals surface area contributed by atoms with Crippen LogP contribution in [0.25, 0.3) is 0 Å². The van der Waals surface area contributed by atoms with E-state index in [1.54, 1.807) is 25.3 Å². The molecule has 0 aliphatic carbocycles. The summed E-state index contributed by atoms with van der Waals surface area (Å²) in [4.78, 5) is 25.0. The van der Waals surface area contributed by atoms with Crippen LogP contribution in [0.1, 0.15) is 16.1 Å². The molecule has 7 heteroatoms. The smallest absolute Gasteiger partial charge is 0.342 e. The molecule has 2 rings (SSSR count). The predicted molar refractivity (Wildman–Crippen MR) is 69.1 cm³/mol. The number of carbonyl (C=O) groups is 1. The summed E-state index contributed by atoms with van der Waals surface area (Å²) in [6, 6.07) is 6.85. The number of aromatic carboxylic acids is 1. The maximum atomic E-state index is 11.0. The van der Waals surface area contributed by atoms with Gasteiger partial charge >= 0.3 is 5.97 Å². The van der Waals surface area contributed by atoms with Gasteiger partial charge in [-0.1, -0.05) is 0 Å². The number of aromatic nitrogens is 1. The van der Waals surface area contributed by atoms with Gasteiger partial charge in [-0.3, -0.25) is 15.1 Å². The lowest BCUT2D eigenvalue weighted by atomic mass is 10.1. The molecule has 0 saturated heterocycles. The van der Waals surface area contributed by atoms with Gasteiger partial charge in [-0.15, -0.1) is 0 Å². The van der Waals surface area contributed by atoms with Crippen LogP contribution in [0.4, 0.5) is 5.69 Å². The number of nitrogens with zero attached hydrogens (tertiary/aromatic N) is 2. The molecule has 0 saturated carbocycles. The van der Waals surface area contributed by atoms with Crippen LogP contribution in [-0.4, -0.2) is 21.0 Å². The Bertz CT molecular complexity index is 684. The fourth-order valence-corrected chi connectivity index (χ4v) is 1.63. The zero-order valence-corrected chi connectivity index (χ0v) is 10.4. The molecule has 0 aliphatic heterocycles. The van der Waals surface area contributed by atoms with Crippen molar-refractivity contribution in [2.24, 2.45) is 0 Å². The van der Waals surface area contributed by atoms with Crippen molar-refractivity contribution in [1.82, 2.24) is 4.98 Å². The van der Waals surface area contributed by atoms with Gasteiger partial charge < -0.3 is 9.84 Å². The summed E-state index contributed by atoms with van der Waals surface area (Å²) < 4.78 is 5.46. The maximum absolute atomic E-state index is 11.0. The molecule has 7 nitrogen and oxygen atoms in total. The van der Waals surface area contributed by atoms with E-state index >= 15 is 0 Å². The van der Waals surface area contributed by atoms with Crippen LogP contribution >= 0.6 is 0 Å². The normalized spacial score (nSPS) is 10.1. The highest BCUT2D eigenvalue weighted by Gasteiger charge is 2.20. The van der Waals surface area contributed by atoms with Crippen molar-refractivity contribution < 1.29 is 19.6 Å². The molecule has 0 bridgehead atoms. The van der Waals surface area contributed by atoms with Crippen molar-refractivity contribution in [2.45, 2.75) is 6.92 Å². The molecule has 1 heterocycles. The first kappa shape index (κ1) is 13.5. The molecular weight excluding hydrogens is 264 g/mol. The van der Waals surface area contributed by atoms with Gasteiger partial charge in [0, 0.05) is 30.1 Å². The fourth-order valence-electron chi connectivity index (χ4n) is 1.63. The number of hydrogen-bond donors (Lipinski definition) is 1.